The van der Waals surface area contributed by atoms with E-state index in [2.05, 4.69) is 128 Å². The molecule has 338 valence electrons. The van der Waals surface area contributed by atoms with E-state index in [0.29, 0.717) is 23.5 Å². The molecule has 0 fully saturated rings. The number of nitrogens with zero attached hydrogens (tertiary/aromatic N) is 4. The summed E-state index contributed by atoms with van der Waals surface area (Å²) in [6, 6.07) is 30.3. The van der Waals surface area contributed by atoms with Crippen molar-refractivity contribution in [1.82, 2.24) is 19.9 Å². The lowest BCUT2D eigenvalue weighted by atomic mass is 9.71. The third-order valence-electron chi connectivity index (χ3n) is 13.1. The second-order valence-corrected chi connectivity index (χ2v) is 18.9. The van der Waals surface area contributed by atoms with Gasteiger partial charge in [-0.15, -0.1) is 0 Å². The molecule has 65 heavy (non-hydrogen) atoms. The Bertz CT molecular complexity index is 2330. The van der Waals surface area contributed by atoms with E-state index in [4.69, 9.17) is 29.4 Å². The number of hydrogen-bond donors (Lipinski definition) is 0. The summed E-state index contributed by atoms with van der Waals surface area (Å²) in [5.41, 5.74) is 14.4. The van der Waals surface area contributed by atoms with Crippen LogP contribution >= 0.6 is 0 Å². The van der Waals surface area contributed by atoms with Crippen LogP contribution in [0.15, 0.2) is 133 Å². The zero-order valence-electron chi connectivity index (χ0n) is 40.3. The number of allylic oxidation sites excluding steroid dienone is 4. The topological polar surface area (TPSA) is 70.0 Å². The van der Waals surface area contributed by atoms with Crippen LogP contribution < -0.4 is 9.47 Å². The highest BCUT2D eigenvalue weighted by molar-refractivity contribution is 5.86. The smallest absolute Gasteiger partial charge is 0.159 e. The average molecular weight is 867 g/mol. The van der Waals surface area contributed by atoms with Gasteiger partial charge >= 0.3 is 0 Å². The van der Waals surface area contributed by atoms with Gasteiger partial charge in [0.25, 0.3) is 0 Å². The minimum atomic E-state index is -0.0947. The number of ether oxygens (including phenoxy) is 2. The lowest BCUT2D eigenvalue weighted by Gasteiger charge is -2.32. The number of hydrogen-bond acceptors (Lipinski definition) is 6. The fourth-order valence-electron chi connectivity index (χ4n) is 9.38. The molecule has 0 bridgehead atoms. The Morgan fingerprint density at radius 1 is 0.492 bits per heavy atom. The van der Waals surface area contributed by atoms with Gasteiger partial charge in [0.2, 0.25) is 0 Å². The fourth-order valence-corrected chi connectivity index (χ4v) is 9.38. The zero-order chi connectivity index (χ0) is 45.8. The maximum absolute atomic E-state index is 6.09. The summed E-state index contributed by atoms with van der Waals surface area (Å²) in [5, 5.41) is 0. The van der Waals surface area contributed by atoms with Gasteiger partial charge in [-0.1, -0.05) is 88.1 Å². The van der Waals surface area contributed by atoms with E-state index in [-0.39, 0.29) is 5.41 Å². The number of rotatable bonds is 22. The van der Waals surface area contributed by atoms with Crippen LogP contribution in [0.3, 0.4) is 0 Å². The standard InChI is InChI=1S/C59H70N4O2/c1-9-31-59(32-10-2)55-35-47(49-37-60-57(61-38-49)45-17-23-51(24-18-45)64-33-29-43(7)15-11-13-41(3)4)21-27-53(55)54-28-22-48(36-56(54)59)50-39-62-58(63-40-50)46-19-25-52(26-20-46)65-34-30-44(8)16-12-14-42(5)6/h13-14,17-28,35-40,43-44H,9-12,15-16,29-34H2,1-8H3/t43-,44-/m1/s1. The van der Waals surface area contributed by atoms with E-state index >= 15 is 0 Å². The molecule has 0 radical (unpaired) electrons. The first-order valence-electron chi connectivity index (χ1n) is 24.2. The molecule has 4 aromatic carbocycles. The quantitative estimate of drug-likeness (QED) is 0.0633. The van der Waals surface area contributed by atoms with Gasteiger partial charge < -0.3 is 9.47 Å². The number of aromatic nitrogens is 4. The van der Waals surface area contributed by atoms with Gasteiger partial charge in [0.15, 0.2) is 11.6 Å². The summed E-state index contributed by atoms with van der Waals surface area (Å²) in [6.45, 7) is 19.3. The van der Waals surface area contributed by atoms with E-state index in [1.54, 1.807) is 0 Å². The minimum Gasteiger partial charge on any atom is -0.494 e. The van der Waals surface area contributed by atoms with Crippen molar-refractivity contribution in [2.75, 3.05) is 13.2 Å². The Balaban J connectivity index is 1.02. The SMILES string of the molecule is CCCC1(CCC)c2cc(-c3cnc(-c4ccc(OCC[C@H](C)CCC=C(C)C)cc4)nc3)ccc2-c2ccc(-c3cnc(-c4ccc(OCC[C@H](C)CCC=C(C)C)cc4)nc3)cc21. The molecule has 0 saturated carbocycles. The lowest BCUT2D eigenvalue weighted by Crippen LogP contribution is -2.25. The highest BCUT2D eigenvalue weighted by Crippen LogP contribution is 2.55. The van der Waals surface area contributed by atoms with Gasteiger partial charge in [0.05, 0.1) is 13.2 Å². The highest BCUT2D eigenvalue weighted by Gasteiger charge is 2.42. The largest absolute Gasteiger partial charge is 0.494 e. The lowest BCUT2D eigenvalue weighted by molar-refractivity contribution is 0.279. The highest BCUT2D eigenvalue weighted by atomic mass is 16.5. The molecule has 0 unspecified atom stereocenters. The van der Waals surface area contributed by atoms with Crippen molar-refractivity contribution in [3.05, 3.63) is 144 Å². The molecule has 6 nitrogen and oxygen atoms in total. The summed E-state index contributed by atoms with van der Waals surface area (Å²) in [5.74, 6) is 4.45. The molecule has 6 aromatic rings. The first-order chi connectivity index (χ1) is 31.6. The Morgan fingerprint density at radius 2 is 0.862 bits per heavy atom. The van der Waals surface area contributed by atoms with Crippen molar-refractivity contribution in [2.45, 2.75) is 125 Å². The molecule has 2 aromatic heterocycles. The first kappa shape index (κ1) is 47.1. The van der Waals surface area contributed by atoms with E-state index in [9.17, 15) is 0 Å². The van der Waals surface area contributed by atoms with Crippen molar-refractivity contribution in [3.8, 4) is 67.7 Å². The van der Waals surface area contributed by atoms with Gasteiger partial charge in [-0.25, -0.2) is 19.9 Å². The van der Waals surface area contributed by atoms with Crippen molar-refractivity contribution in [2.24, 2.45) is 11.8 Å². The summed E-state index contributed by atoms with van der Waals surface area (Å²) in [7, 11) is 0. The van der Waals surface area contributed by atoms with Crippen LogP contribution in [0.5, 0.6) is 11.5 Å². The molecule has 0 amide bonds. The molecule has 6 heteroatoms. The summed E-state index contributed by atoms with van der Waals surface area (Å²) in [4.78, 5) is 19.4. The van der Waals surface area contributed by atoms with E-state index in [0.717, 1.165) is 109 Å². The minimum absolute atomic E-state index is 0.0947. The van der Waals surface area contributed by atoms with Gasteiger partial charge in [-0.3, -0.25) is 0 Å². The van der Waals surface area contributed by atoms with E-state index < -0.39 is 0 Å². The molecule has 2 heterocycles. The predicted octanol–water partition coefficient (Wildman–Crippen LogP) is 16.1. The average Bonchev–Trinajstić information content (AvgIpc) is 3.57. The Labute approximate surface area is 389 Å². The number of benzene rings is 4. The third kappa shape index (κ3) is 11.9. The maximum Gasteiger partial charge on any atom is 0.159 e. The van der Waals surface area contributed by atoms with Crippen molar-refractivity contribution < 1.29 is 9.47 Å². The Morgan fingerprint density at radius 3 is 1.22 bits per heavy atom. The molecule has 1 aliphatic carbocycles. The third-order valence-corrected chi connectivity index (χ3v) is 13.1. The molecular weight excluding hydrogens is 797 g/mol. The van der Waals surface area contributed by atoms with Crippen LogP contribution in [0, 0.1) is 11.8 Å². The molecule has 0 N–H and O–H groups in total. The second kappa shape index (κ2) is 22.3. The van der Waals surface area contributed by atoms with Crippen molar-refractivity contribution in [1.29, 1.82) is 0 Å². The molecule has 0 aliphatic heterocycles. The molecule has 7 rings (SSSR count). The van der Waals surface area contributed by atoms with E-state index in [1.807, 2.05) is 49.1 Å². The van der Waals surface area contributed by atoms with Crippen LogP contribution in [0.2, 0.25) is 0 Å². The molecule has 0 spiro atoms. The molecule has 1 aliphatic rings. The fraction of sp³-hybridized carbons (Fsp3) is 0.390. The normalized spacial score (nSPS) is 13.4. The second-order valence-electron chi connectivity index (χ2n) is 18.9. The zero-order valence-corrected chi connectivity index (χ0v) is 40.3. The Hall–Kier alpha value is -5.88. The number of fused-ring (bicyclic) bond motifs is 3. The molecule has 2 atom stereocenters. The van der Waals surface area contributed by atoms with Gasteiger partial charge in [-0.2, -0.15) is 0 Å². The van der Waals surface area contributed by atoms with Crippen LogP contribution in [-0.2, 0) is 5.41 Å². The van der Waals surface area contributed by atoms with Gasteiger partial charge in [-0.05, 0) is 185 Å². The summed E-state index contributed by atoms with van der Waals surface area (Å²) >= 11 is 0. The van der Waals surface area contributed by atoms with Crippen LogP contribution in [-0.4, -0.2) is 33.1 Å². The predicted molar refractivity (Wildman–Crippen MR) is 271 cm³/mol. The van der Waals surface area contributed by atoms with Gasteiger partial charge in [0.1, 0.15) is 11.5 Å². The van der Waals surface area contributed by atoms with Crippen molar-refractivity contribution in [3.63, 3.8) is 0 Å². The molecule has 0 saturated heterocycles. The maximum atomic E-state index is 6.09. The summed E-state index contributed by atoms with van der Waals surface area (Å²) in [6.07, 6.45) is 23.6. The monoisotopic (exact) mass is 867 g/mol. The van der Waals surface area contributed by atoms with Crippen LogP contribution in [0.1, 0.15) is 131 Å². The summed E-state index contributed by atoms with van der Waals surface area (Å²) < 4.78 is 12.2. The van der Waals surface area contributed by atoms with Crippen LogP contribution in [0.4, 0.5) is 0 Å². The molecular formula is C59H70N4O2. The van der Waals surface area contributed by atoms with Gasteiger partial charge in [0, 0.05) is 52.5 Å². The van der Waals surface area contributed by atoms with Crippen molar-refractivity contribution >= 4 is 0 Å². The Kier molecular flexibility index (Phi) is 16.2. The van der Waals surface area contributed by atoms with Crippen LogP contribution in [0.25, 0.3) is 56.2 Å². The van der Waals surface area contributed by atoms with E-state index in [1.165, 1.54) is 46.2 Å². The first-order valence-corrected chi connectivity index (χ1v) is 24.2.